The molecule has 0 aromatic rings. The molecule has 0 rings (SSSR count). The summed E-state index contributed by atoms with van der Waals surface area (Å²) in [5.74, 6) is -0.0539. The molecular formula is C8H20N2O6. The summed E-state index contributed by atoms with van der Waals surface area (Å²) in [7, 11) is 0. The monoisotopic (exact) mass is 240 g/mol. The van der Waals surface area contributed by atoms with Gasteiger partial charge in [-0.25, -0.2) is 9.68 Å². The lowest BCUT2D eigenvalue weighted by atomic mass is 9.96. The average molecular weight is 240 g/mol. The van der Waals surface area contributed by atoms with Gasteiger partial charge < -0.3 is 0 Å². The van der Waals surface area contributed by atoms with Crippen LogP contribution in [0.3, 0.4) is 0 Å². The maximum atomic E-state index is 8.60. The first kappa shape index (κ1) is 15.7. The third-order valence-electron chi connectivity index (χ3n) is 2.24. The van der Waals surface area contributed by atoms with Crippen LogP contribution < -0.4 is 0 Å². The summed E-state index contributed by atoms with van der Waals surface area (Å²) in [6, 6.07) is 0. The molecule has 0 bridgehead atoms. The summed E-state index contributed by atoms with van der Waals surface area (Å²) in [5, 5.41) is 33.3. The summed E-state index contributed by atoms with van der Waals surface area (Å²) in [6.45, 7) is 5.31. The van der Waals surface area contributed by atoms with E-state index in [1.54, 1.807) is 0 Å². The van der Waals surface area contributed by atoms with Crippen LogP contribution in [-0.4, -0.2) is 43.8 Å². The van der Waals surface area contributed by atoms with Crippen molar-refractivity contribution in [1.29, 1.82) is 0 Å². The van der Waals surface area contributed by atoms with E-state index in [0.29, 0.717) is 0 Å². The van der Waals surface area contributed by atoms with Crippen molar-refractivity contribution in [1.82, 2.24) is 10.8 Å². The summed E-state index contributed by atoms with van der Waals surface area (Å²) in [6.07, 6.45) is 0.158. The standard InChI is InChI=1S/C8H20N2O6/c1-4-5-6(2)8(16-10(13)14)7(3)15-9(11)12/h6-8,11-14H,4-5H2,1-3H3/t6?,7-,8-/m1/s1. The van der Waals surface area contributed by atoms with Gasteiger partial charge in [0.05, 0.1) is 10.8 Å². The summed E-state index contributed by atoms with van der Waals surface area (Å²) in [5.41, 5.74) is 0. The van der Waals surface area contributed by atoms with Crippen LogP contribution in [0.2, 0.25) is 0 Å². The topological polar surface area (TPSA) is 106 Å². The SMILES string of the molecule is CCCC(C)[C@@H](ON(O)O)[C@@H](C)ON(O)O. The Bertz CT molecular complexity index is 180. The van der Waals surface area contributed by atoms with Gasteiger partial charge in [-0.15, -0.1) is 0 Å². The van der Waals surface area contributed by atoms with Crippen LogP contribution in [0.4, 0.5) is 0 Å². The van der Waals surface area contributed by atoms with Crippen LogP contribution in [-0.2, 0) is 9.68 Å². The van der Waals surface area contributed by atoms with E-state index in [2.05, 4.69) is 4.84 Å². The molecule has 0 spiro atoms. The van der Waals surface area contributed by atoms with Crippen molar-refractivity contribution in [3.05, 3.63) is 0 Å². The van der Waals surface area contributed by atoms with Gasteiger partial charge >= 0.3 is 0 Å². The van der Waals surface area contributed by atoms with Gasteiger partial charge in [-0.3, -0.25) is 20.8 Å². The predicted molar refractivity (Wildman–Crippen MR) is 50.3 cm³/mol. The Morgan fingerprint density at radius 2 is 1.50 bits per heavy atom. The second-order valence-electron chi connectivity index (χ2n) is 3.65. The Balaban J connectivity index is 4.39. The molecule has 0 amide bonds. The molecule has 0 aliphatic heterocycles. The molecule has 8 nitrogen and oxygen atoms in total. The Morgan fingerprint density at radius 1 is 1.00 bits per heavy atom. The fourth-order valence-corrected chi connectivity index (χ4v) is 1.59. The number of hydrogen-bond acceptors (Lipinski definition) is 8. The lowest BCUT2D eigenvalue weighted by Crippen LogP contribution is -2.41. The highest BCUT2D eigenvalue weighted by atomic mass is 17.1. The number of hydrogen-bond donors (Lipinski definition) is 4. The Morgan fingerprint density at radius 3 is 1.88 bits per heavy atom. The van der Waals surface area contributed by atoms with E-state index in [1.807, 2.05) is 13.8 Å². The van der Waals surface area contributed by atoms with E-state index in [9.17, 15) is 0 Å². The Hall–Kier alpha value is -0.320. The fourth-order valence-electron chi connectivity index (χ4n) is 1.59. The van der Waals surface area contributed by atoms with Crippen molar-refractivity contribution < 1.29 is 30.5 Å². The highest BCUT2D eigenvalue weighted by molar-refractivity contribution is 4.71. The predicted octanol–water partition coefficient (Wildman–Crippen LogP) is 1.20. The molecule has 0 aromatic heterocycles. The fraction of sp³-hybridized carbons (Fsp3) is 1.00. The smallest absolute Gasteiger partial charge is 0.115 e. The van der Waals surface area contributed by atoms with E-state index in [-0.39, 0.29) is 5.92 Å². The third kappa shape index (κ3) is 6.30. The summed E-state index contributed by atoms with van der Waals surface area (Å²) >= 11 is 0. The van der Waals surface area contributed by atoms with Crippen LogP contribution in [0.1, 0.15) is 33.6 Å². The molecule has 0 fully saturated rings. The molecule has 0 saturated carbocycles. The van der Waals surface area contributed by atoms with Gasteiger partial charge in [0.2, 0.25) is 0 Å². The molecule has 0 aromatic carbocycles. The first-order valence-electron chi connectivity index (χ1n) is 5.07. The molecule has 0 aliphatic rings. The zero-order valence-electron chi connectivity index (χ0n) is 9.65. The molecule has 4 N–H and O–H groups in total. The first-order chi connectivity index (χ1) is 7.38. The minimum Gasteiger partial charge on any atom is -0.266 e. The van der Waals surface area contributed by atoms with Gasteiger partial charge in [0.25, 0.3) is 0 Å². The molecule has 0 heterocycles. The minimum atomic E-state index is -0.765. The maximum Gasteiger partial charge on any atom is 0.115 e. The zero-order valence-corrected chi connectivity index (χ0v) is 9.65. The van der Waals surface area contributed by atoms with Crippen molar-refractivity contribution in [2.75, 3.05) is 0 Å². The maximum absolute atomic E-state index is 8.60. The van der Waals surface area contributed by atoms with Crippen molar-refractivity contribution >= 4 is 0 Å². The van der Waals surface area contributed by atoms with Crippen LogP contribution in [0.15, 0.2) is 0 Å². The van der Waals surface area contributed by atoms with Gasteiger partial charge in [-0.2, -0.15) is 0 Å². The van der Waals surface area contributed by atoms with Crippen molar-refractivity contribution in [2.45, 2.75) is 45.8 Å². The second kappa shape index (κ2) is 7.87. The molecule has 8 heteroatoms. The summed E-state index contributed by atoms with van der Waals surface area (Å²) < 4.78 is 0. The van der Waals surface area contributed by atoms with Crippen LogP contribution in [0.5, 0.6) is 0 Å². The number of nitrogens with zero attached hydrogens (tertiary/aromatic N) is 2. The van der Waals surface area contributed by atoms with Gasteiger partial charge in [0.1, 0.15) is 12.2 Å². The molecule has 0 saturated heterocycles. The average Bonchev–Trinajstić information content (AvgIpc) is 2.12. The van der Waals surface area contributed by atoms with Gasteiger partial charge in [-0.1, -0.05) is 20.3 Å². The van der Waals surface area contributed by atoms with Crippen LogP contribution >= 0.6 is 0 Å². The van der Waals surface area contributed by atoms with Crippen molar-refractivity contribution in [3.63, 3.8) is 0 Å². The minimum absolute atomic E-state index is 0.0539. The lowest BCUT2D eigenvalue weighted by Gasteiger charge is -2.29. The molecule has 98 valence electrons. The summed E-state index contributed by atoms with van der Waals surface area (Å²) in [4.78, 5) is 9.25. The highest BCUT2D eigenvalue weighted by Gasteiger charge is 2.28. The van der Waals surface area contributed by atoms with E-state index < -0.39 is 23.0 Å². The van der Waals surface area contributed by atoms with E-state index in [0.717, 1.165) is 12.8 Å². The van der Waals surface area contributed by atoms with Gasteiger partial charge in [0.15, 0.2) is 0 Å². The molecule has 0 radical (unpaired) electrons. The molecular weight excluding hydrogens is 220 g/mol. The number of rotatable bonds is 8. The van der Waals surface area contributed by atoms with Crippen molar-refractivity contribution in [3.8, 4) is 0 Å². The van der Waals surface area contributed by atoms with Gasteiger partial charge in [-0.05, 0) is 19.3 Å². The normalized spacial score (nSPS) is 17.8. The molecule has 1 unspecified atom stereocenters. The lowest BCUT2D eigenvalue weighted by molar-refractivity contribution is -0.539. The Labute approximate surface area is 93.9 Å². The molecule has 16 heavy (non-hydrogen) atoms. The quantitative estimate of drug-likeness (QED) is 0.469. The highest BCUT2D eigenvalue weighted by Crippen LogP contribution is 2.19. The zero-order chi connectivity index (χ0) is 12.7. The molecule has 0 aliphatic carbocycles. The largest absolute Gasteiger partial charge is 0.266 e. The van der Waals surface area contributed by atoms with E-state index in [4.69, 9.17) is 25.7 Å². The third-order valence-corrected chi connectivity index (χ3v) is 2.24. The van der Waals surface area contributed by atoms with Crippen LogP contribution in [0, 0.1) is 5.92 Å². The first-order valence-corrected chi connectivity index (χ1v) is 5.07. The Kier molecular flexibility index (Phi) is 7.72. The second-order valence-corrected chi connectivity index (χ2v) is 3.65. The van der Waals surface area contributed by atoms with E-state index >= 15 is 0 Å². The van der Waals surface area contributed by atoms with Gasteiger partial charge in [0, 0.05) is 0 Å². The van der Waals surface area contributed by atoms with E-state index in [1.165, 1.54) is 6.92 Å². The molecule has 3 atom stereocenters. The van der Waals surface area contributed by atoms with Crippen LogP contribution in [0.25, 0.3) is 0 Å². The van der Waals surface area contributed by atoms with Crippen molar-refractivity contribution in [2.24, 2.45) is 5.92 Å².